The second-order valence-electron chi connectivity index (χ2n) is 6.61. The lowest BCUT2D eigenvalue weighted by atomic mass is 9.89. The molecule has 0 saturated carbocycles. The van der Waals surface area contributed by atoms with Crippen molar-refractivity contribution in [3.63, 3.8) is 0 Å². The van der Waals surface area contributed by atoms with Crippen LogP contribution in [0.2, 0.25) is 5.02 Å². The molecule has 3 rings (SSSR count). The van der Waals surface area contributed by atoms with Crippen molar-refractivity contribution in [1.29, 1.82) is 0 Å². The number of carbonyl (C=O) groups excluding carboxylic acids is 1. The van der Waals surface area contributed by atoms with Crippen LogP contribution in [-0.4, -0.2) is 11.5 Å². The van der Waals surface area contributed by atoms with Crippen molar-refractivity contribution < 1.29 is 9.53 Å². The molecule has 0 aromatic heterocycles. The Balaban J connectivity index is 1.88. The first-order valence-electron chi connectivity index (χ1n) is 7.71. The van der Waals surface area contributed by atoms with Crippen molar-refractivity contribution in [3.05, 3.63) is 64.2 Å². The highest BCUT2D eigenvalue weighted by molar-refractivity contribution is 6.33. The number of nitrogens with one attached hydrogen (secondary N) is 1. The molecule has 23 heavy (non-hydrogen) atoms. The molecule has 0 radical (unpaired) electrons. The van der Waals surface area contributed by atoms with Gasteiger partial charge in [0.1, 0.15) is 11.4 Å². The lowest BCUT2D eigenvalue weighted by Crippen LogP contribution is -2.41. The summed E-state index contributed by atoms with van der Waals surface area (Å²) in [6.07, 6.45) is 0.708. The van der Waals surface area contributed by atoms with Crippen LogP contribution >= 0.6 is 11.6 Å². The number of rotatable bonds is 2. The molecule has 1 N–H and O–H groups in total. The summed E-state index contributed by atoms with van der Waals surface area (Å²) in [6, 6.07) is 13.2. The molecule has 0 fully saturated rings. The quantitative estimate of drug-likeness (QED) is 0.868. The first-order chi connectivity index (χ1) is 10.9. The molecular weight excluding hydrogens is 310 g/mol. The highest BCUT2D eigenvalue weighted by atomic mass is 35.5. The minimum absolute atomic E-state index is 0.0974. The predicted molar refractivity (Wildman–Crippen MR) is 92.2 cm³/mol. The topological polar surface area (TPSA) is 38.3 Å². The van der Waals surface area contributed by atoms with Gasteiger partial charge in [-0.1, -0.05) is 35.9 Å². The van der Waals surface area contributed by atoms with E-state index in [-0.39, 0.29) is 17.6 Å². The molecule has 1 atom stereocenters. The van der Waals surface area contributed by atoms with Gasteiger partial charge in [-0.05, 0) is 44.5 Å². The van der Waals surface area contributed by atoms with Crippen molar-refractivity contribution >= 4 is 17.5 Å². The summed E-state index contributed by atoms with van der Waals surface area (Å²) in [5, 5.41) is 3.58. The number of ether oxygens (including phenoxy) is 1. The van der Waals surface area contributed by atoms with E-state index in [2.05, 4.69) is 5.32 Å². The predicted octanol–water partition coefficient (Wildman–Crippen LogP) is 4.68. The summed E-state index contributed by atoms with van der Waals surface area (Å²) >= 11 is 6.21. The van der Waals surface area contributed by atoms with Gasteiger partial charge in [0.15, 0.2) is 0 Å². The molecule has 1 aliphatic heterocycles. The molecule has 4 heteroatoms. The molecule has 1 amide bonds. The Morgan fingerprint density at radius 3 is 2.74 bits per heavy atom. The normalized spacial score (nSPS) is 18.7. The maximum atomic E-state index is 12.6. The summed E-state index contributed by atoms with van der Waals surface area (Å²) in [5.41, 5.74) is 2.20. The third kappa shape index (κ3) is 3.35. The van der Waals surface area contributed by atoms with Crippen LogP contribution in [0.1, 0.15) is 47.8 Å². The Labute approximate surface area is 141 Å². The Morgan fingerprint density at radius 1 is 1.26 bits per heavy atom. The van der Waals surface area contributed by atoms with Gasteiger partial charge in [-0.3, -0.25) is 4.79 Å². The van der Waals surface area contributed by atoms with E-state index in [9.17, 15) is 4.79 Å². The van der Waals surface area contributed by atoms with E-state index in [1.807, 2.05) is 51.1 Å². The first-order valence-corrected chi connectivity index (χ1v) is 8.08. The number of fused-ring (bicyclic) bond motifs is 1. The molecular formula is C19H20ClNO2. The molecule has 2 aromatic rings. The number of amides is 1. The van der Waals surface area contributed by atoms with Gasteiger partial charge in [0.2, 0.25) is 0 Å². The van der Waals surface area contributed by atoms with Crippen molar-refractivity contribution in [2.24, 2.45) is 0 Å². The van der Waals surface area contributed by atoms with Crippen molar-refractivity contribution in [1.82, 2.24) is 5.32 Å². The maximum Gasteiger partial charge on any atom is 0.253 e. The van der Waals surface area contributed by atoms with E-state index in [0.717, 1.165) is 16.9 Å². The number of benzene rings is 2. The van der Waals surface area contributed by atoms with Gasteiger partial charge in [-0.25, -0.2) is 0 Å². The molecule has 3 nitrogen and oxygen atoms in total. The van der Waals surface area contributed by atoms with E-state index in [1.165, 1.54) is 0 Å². The van der Waals surface area contributed by atoms with Gasteiger partial charge >= 0.3 is 0 Å². The molecule has 0 bridgehead atoms. The fourth-order valence-corrected chi connectivity index (χ4v) is 3.29. The summed E-state index contributed by atoms with van der Waals surface area (Å²) in [7, 11) is 0. The number of carbonyl (C=O) groups is 1. The van der Waals surface area contributed by atoms with Crippen molar-refractivity contribution in [2.75, 3.05) is 0 Å². The lowest BCUT2D eigenvalue weighted by Gasteiger charge is -2.37. The number of halogens is 1. The highest BCUT2D eigenvalue weighted by Gasteiger charge is 2.34. The second-order valence-corrected chi connectivity index (χ2v) is 7.02. The molecule has 120 valence electrons. The van der Waals surface area contributed by atoms with Crippen LogP contribution in [0.3, 0.4) is 0 Å². The van der Waals surface area contributed by atoms with Crippen molar-refractivity contribution in [2.45, 2.75) is 38.8 Å². The zero-order valence-electron chi connectivity index (χ0n) is 13.5. The van der Waals surface area contributed by atoms with Crippen LogP contribution in [0.15, 0.2) is 42.5 Å². The fraction of sp³-hybridized carbons (Fsp3) is 0.316. The van der Waals surface area contributed by atoms with E-state index in [0.29, 0.717) is 17.0 Å². The summed E-state index contributed by atoms with van der Waals surface area (Å²) < 4.78 is 6.00. The lowest BCUT2D eigenvalue weighted by molar-refractivity contribution is 0.0620. The van der Waals surface area contributed by atoms with Crippen LogP contribution in [0.4, 0.5) is 0 Å². The number of aryl methyl sites for hydroxylation is 1. The summed E-state index contributed by atoms with van der Waals surface area (Å²) in [5.74, 6) is 0.663. The molecule has 1 aliphatic rings. The Bertz CT molecular complexity index is 755. The smallest absolute Gasteiger partial charge is 0.253 e. The number of para-hydroxylation sites is 1. The highest BCUT2D eigenvalue weighted by Crippen LogP contribution is 2.39. The van der Waals surface area contributed by atoms with Gasteiger partial charge in [-0.15, -0.1) is 0 Å². The summed E-state index contributed by atoms with van der Waals surface area (Å²) in [4.78, 5) is 12.6. The zero-order valence-corrected chi connectivity index (χ0v) is 14.3. The van der Waals surface area contributed by atoms with Gasteiger partial charge in [0.25, 0.3) is 5.91 Å². The average molecular weight is 330 g/mol. The van der Waals surface area contributed by atoms with E-state index < -0.39 is 0 Å². The molecule has 0 saturated heterocycles. The summed E-state index contributed by atoms with van der Waals surface area (Å²) in [6.45, 7) is 6.01. The SMILES string of the molecule is Cc1ccc(C(=O)NC2CC(C)(C)Oc3ccccc32)c(Cl)c1. The molecule has 1 unspecified atom stereocenters. The van der Waals surface area contributed by atoms with Gasteiger partial charge in [0, 0.05) is 12.0 Å². The van der Waals surface area contributed by atoms with Crippen LogP contribution in [0.5, 0.6) is 5.75 Å². The van der Waals surface area contributed by atoms with Gasteiger partial charge < -0.3 is 10.1 Å². The zero-order chi connectivity index (χ0) is 16.6. The second kappa shape index (κ2) is 5.89. The van der Waals surface area contributed by atoms with Gasteiger partial charge in [0.05, 0.1) is 16.6 Å². The van der Waals surface area contributed by atoms with Crippen LogP contribution < -0.4 is 10.1 Å². The minimum atomic E-state index is -0.330. The van der Waals surface area contributed by atoms with Gasteiger partial charge in [-0.2, -0.15) is 0 Å². The van der Waals surface area contributed by atoms with Crippen LogP contribution in [0.25, 0.3) is 0 Å². The van der Waals surface area contributed by atoms with E-state index in [4.69, 9.17) is 16.3 Å². The van der Waals surface area contributed by atoms with E-state index in [1.54, 1.807) is 12.1 Å². The Kier molecular flexibility index (Phi) is 4.07. The minimum Gasteiger partial charge on any atom is -0.487 e. The third-order valence-corrected chi connectivity index (χ3v) is 4.36. The monoisotopic (exact) mass is 329 g/mol. The standard InChI is InChI=1S/C19H20ClNO2/c1-12-8-9-13(15(20)10-12)18(22)21-16-11-19(2,3)23-17-7-5-4-6-14(16)17/h4-10,16H,11H2,1-3H3,(H,21,22). The molecule has 0 spiro atoms. The van der Waals surface area contributed by atoms with E-state index >= 15 is 0 Å². The van der Waals surface area contributed by atoms with Crippen LogP contribution in [0, 0.1) is 6.92 Å². The number of hydrogen-bond acceptors (Lipinski definition) is 2. The fourth-order valence-electron chi connectivity index (χ4n) is 2.97. The molecule has 1 heterocycles. The number of hydrogen-bond donors (Lipinski definition) is 1. The maximum absolute atomic E-state index is 12.6. The average Bonchev–Trinajstić information content (AvgIpc) is 2.45. The van der Waals surface area contributed by atoms with Crippen LogP contribution in [-0.2, 0) is 0 Å². The molecule has 0 aliphatic carbocycles. The third-order valence-electron chi connectivity index (χ3n) is 4.05. The Morgan fingerprint density at radius 2 is 2.00 bits per heavy atom. The Hall–Kier alpha value is -2.00. The molecule has 2 aromatic carbocycles. The largest absolute Gasteiger partial charge is 0.487 e. The first kappa shape index (κ1) is 15.9. The van der Waals surface area contributed by atoms with Crippen molar-refractivity contribution in [3.8, 4) is 5.75 Å².